The highest BCUT2D eigenvalue weighted by Gasteiger charge is 2.09. The Morgan fingerprint density at radius 2 is 1.87 bits per heavy atom. The molecule has 0 heterocycles. The first kappa shape index (κ1) is 12.7. The number of hydrogen-bond acceptors (Lipinski definition) is 2. The van der Waals surface area contributed by atoms with Gasteiger partial charge in [0.2, 0.25) is 0 Å². The standard InChI is InChI=1S/C12H19BrN2/c1-9(14)3-8-12(15-2)10-4-6-11(13)7-5-10/h4-7,9,12,15H,3,8,14H2,1-2H3. The fraction of sp³-hybridized carbons (Fsp3) is 0.500. The molecule has 0 bridgehead atoms. The number of halogens is 1. The molecule has 3 N–H and O–H groups in total. The third kappa shape index (κ3) is 4.33. The largest absolute Gasteiger partial charge is 0.328 e. The second kappa shape index (κ2) is 6.26. The fourth-order valence-electron chi connectivity index (χ4n) is 1.60. The lowest BCUT2D eigenvalue weighted by molar-refractivity contribution is 0.496. The number of rotatable bonds is 5. The summed E-state index contributed by atoms with van der Waals surface area (Å²) in [5, 5.41) is 3.32. The summed E-state index contributed by atoms with van der Waals surface area (Å²) in [7, 11) is 1.99. The molecular formula is C12H19BrN2. The zero-order chi connectivity index (χ0) is 11.3. The van der Waals surface area contributed by atoms with Gasteiger partial charge in [-0.15, -0.1) is 0 Å². The number of benzene rings is 1. The van der Waals surface area contributed by atoms with Gasteiger partial charge in [0.25, 0.3) is 0 Å². The normalized spacial score (nSPS) is 14.9. The molecule has 0 amide bonds. The highest BCUT2D eigenvalue weighted by atomic mass is 79.9. The van der Waals surface area contributed by atoms with Crippen LogP contribution in [0.1, 0.15) is 31.4 Å². The van der Waals surface area contributed by atoms with Crippen molar-refractivity contribution in [3.63, 3.8) is 0 Å². The van der Waals surface area contributed by atoms with Crippen molar-refractivity contribution in [1.82, 2.24) is 5.32 Å². The van der Waals surface area contributed by atoms with Crippen LogP contribution in [0.2, 0.25) is 0 Å². The maximum atomic E-state index is 5.76. The van der Waals surface area contributed by atoms with Crippen molar-refractivity contribution >= 4 is 15.9 Å². The van der Waals surface area contributed by atoms with E-state index in [9.17, 15) is 0 Å². The summed E-state index contributed by atoms with van der Waals surface area (Å²) in [4.78, 5) is 0. The first-order valence-electron chi connectivity index (χ1n) is 5.31. The second-order valence-electron chi connectivity index (χ2n) is 3.95. The van der Waals surface area contributed by atoms with Crippen LogP contribution in [0.15, 0.2) is 28.7 Å². The molecule has 0 aromatic heterocycles. The van der Waals surface area contributed by atoms with E-state index in [1.54, 1.807) is 0 Å². The van der Waals surface area contributed by atoms with Gasteiger partial charge in [0.05, 0.1) is 0 Å². The third-order valence-electron chi connectivity index (χ3n) is 2.53. The fourth-order valence-corrected chi connectivity index (χ4v) is 1.87. The van der Waals surface area contributed by atoms with Gasteiger partial charge in [0, 0.05) is 16.6 Å². The van der Waals surface area contributed by atoms with Gasteiger partial charge >= 0.3 is 0 Å². The van der Waals surface area contributed by atoms with Gasteiger partial charge in [-0.1, -0.05) is 28.1 Å². The van der Waals surface area contributed by atoms with Gasteiger partial charge in [-0.2, -0.15) is 0 Å². The molecule has 3 heteroatoms. The summed E-state index contributed by atoms with van der Waals surface area (Å²) in [5.74, 6) is 0. The summed E-state index contributed by atoms with van der Waals surface area (Å²) < 4.78 is 1.12. The van der Waals surface area contributed by atoms with Crippen LogP contribution in [-0.4, -0.2) is 13.1 Å². The molecular weight excluding hydrogens is 252 g/mol. The van der Waals surface area contributed by atoms with E-state index in [2.05, 4.69) is 45.5 Å². The Hall–Kier alpha value is -0.380. The first-order chi connectivity index (χ1) is 7.13. The van der Waals surface area contributed by atoms with Crippen molar-refractivity contribution in [3.05, 3.63) is 34.3 Å². The highest BCUT2D eigenvalue weighted by molar-refractivity contribution is 9.10. The van der Waals surface area contributed by atoms with E-state index in [0.29, 0.717) is 6.04 Å². The van der Waals surface area contributed by atoms with E-state index in [1.165, 1.54) is 5.56 Å². The number of nitrogens with one attached hydrogen (secondary N) is 1. The van der Waals surface area contributed by atoms with Crippen molar-refractivity contribution < 1.29 is 0 Å². The van der Waals surface area contributed by atoms with Crippen molar-refractivity contribution in [2.45, 2.75) is 31.8 Å². The number of hydrogen-bond donors (Lipinski definition) is 2. The molecule has 15 heavy (non-hydrogen) atoms. The molecule has 0 spiro atoms. The Labute approximate surface area is 100 Å². The smallest absolute Gasteiger partial charge is 0.0318 e. The minimum absolute atomic E-state index is 0.274. The van der Waals surface area contributed by atoms with Gasteiger partial charge in [-0.05, 0) is 44.5 Å². The molecule has 0 aliphatic rings. The maximum Gasteiger partial charge on any atom is 0.0318 e. The third-order valence-corrected chi connectivity index (χ3v) is 3.06. The molecule has 0 aliphatic carbocycles. The van der Waals surface area contributed by atoms with Gasteiger partial charge in [-0.25, -0.2) is 0 Å². The molecule has 0 radical (unpaired) electrons. The molecule has 1 rings (SSSR count). The molecule has 0 saturated heterocycles. The van der Waals surface area contributed by atoms with Crippen LogP contribution in [-0.2, 0) is 0 Å². The molecule has 2 unspecified atom stereocenters. The zero-order valence-electron chi connectivity index (χ0n) is 9.33. The summed E-state index contributed by atoms with van der Waals surface area (Å²) in [6.45, 7) is 2.05. The monoisotopic (exact) mass is 270 g/mol. The molecule has 0 aliphatic heterocycles. The molecule has 0 fully saturated rings. The van der Waals surface area contributed by atoms with Crippen LogP contribution >= 0.6 is 15.9 Å². The topological polar surface area (TPSA) is 38.0 Å². The second-order valence-corrected chi connectivity index (χ2v) is 4.86. The summed E-state index contributed by atoms with van der Waals surface area (Å²) in [6, 6.07) is 9.12. The molecule has 84 valence electrons. The summed E-state index contributed by atoms with van der Waals surface area (Å²) >= 11 is 3.44. The lowest BCUT2D eigenvalue weighted by atomic mass is 10.0. The SMILES string of the molecule is CNC(CCC(C)N)c1ccc(Br)cc1. The van der Waals surface area contributed by atoms with Gasteiger partial charge in [-0.3, -0.25) is 0 Å². The van der Waals surface area contributed by atoms with Crippen molar-refractivity contribution in [3.8, 4) is 0 Å². The summed E-state index contributed by atoms with van der Waals surface area (Å²) in [6.07, 6.45) is 2.12. The van der Waals surface area contributed by atoms with E-state index >= 15 is 0 Å². The van der Waals surface area contributed by atoms with Crippen molar-refractivity contribution in [2.24, 2.45) is 5.73 Å². The Bertz CT molecular complexity index is 282. The van der Waals surface area contributed by atoms with Crippen LogP contribution in [0.3, 0.4) is 0 Å². The van der Waals surface area contributed by atoms with Crippen LogP contribution in [0, 0.1) is 0 Å². The zero-order valence-corrected chi connectivity index (χ0v) is 10.9. The highest BCUT2D eigenvalue weighted by Crippen LogP contribution is 2.20. The van der Waals surface area contributed by atoms with E-state index < -0.39 is 0 Å². The van der Waals surface area contributed by atoms with Gasteiger partial charge in [0.1, 0.15) is 0 Å². The van der Waals surface area contributed by atoms with Crippen molar-refractivity contribution in [2.75, 3.05) is 7.05 Å². The molecule has 2 atom stereocenters. The Kier molecular flexibility index (Phi) is 5.29. The molecule has 0 saturated carbocycles. The van der Waals surface area contributed by atoms with E-state index in [4.69, 9.17) is 5.73 Å². The van der Waals surface area contributed by atoms with Crippen LogP contribution in [0.25, 0.3) is 0 Å². The van der Waals surface area contributed by atoms with E-state index in [1.807, 2.05) is 14.0 Å². The van der Waals surface area contributed by atoms with E-state index in [-0.39, 0.29) is 6.04 Å². The Balaban J connectivity index is 2.61. The average molecular weight is 271 g/mol. The first-order valence-corrected chi connectivity index (χ1v) is 6.11. The average Bonchev–Trinajstić information content (AvgIpc) is 2.21. The molecule has 1 aromatic rings. The predicted octanol–water partition coefficient (Wildman–Crippen LogP) is 2.84. The van der Waals surface area contributed by atoms with Gasteiger partial charge < -0.3 is 11.1 Å². The maximum absolute atomic E-state index is 5.76. The minimum atomic E-state index is 0.274. The predicted molar refractivity (Wildman–Crippen MR) is 68.8 cm³/mol. The van der Waals surface area contributed by atoms with Crippen LogP contribution < -0.4 is 11.1 Å². The van der Waals surface area contributed by atoms with E-state index in [0.717, 1.165) is 17.3 Å². The Morgan fingerprint density at radius 1 is 1.27 bits per heavy atom. The quantitative estimate of drug-likeness (QED) is 0.864. The number of nitrogens with two attached hydrogens (primary N) is 1. The Morgan fingerprint density at radius 3 is 2.33 bits per heavy atom. The van der Waals surface area contributed by atoms with Crippen molar-refractivity contribution in [1.29, 1.82) is 0 Å². The lowest BCUT2D eigenvalue weighted by Crippen LogP contribution is -2.21. The lowest BCUT2D eigenvalue weighted by Gasteiger charge is -2.17. The molecule has 1 aromatic carbocycles. The molecule has 2 nitrogen and oxygen atoms in total. The van der Waals surface area contributed by atoms with Gasteiger partial charge in [0.15, 0.2) is 0 Å². The minimum Gasteiger partial charge on any atom is -0.328 e. The van der Waals surface area contributed by atoms with Crippen LogP contribution in [0.4, 0.5) is 0 Å². The summed E-state index contributed by atoms with van der Waals surface area (Å²) in [5.41, 5.74) is 7.08. The van der Waals surface area contributed by atoms with Crippen LogP contribution in [0.5, 0.6) is 0 Å².